The molecule has 2 nitrogen and oxygen atoms in total. The third-order valence-electron chi connectivity index (χ3n) is 3.31. The first-order valence-electron chi connectivity index (χ1n) is 6.02. The Morgan fingerprint density at radius 3 is 2.42 bits per heavy atom. The lowest BCUT2D eigenvalue weighted by Gasteiger charge is -2.18. The number of anilines is 1. The van der Waals surface area contributed by atoms with Crippen LogP contribution in [-0.2, 0) is 6.42 Å². The van der Waals surface area contributed by atoms with Gasteiger partial charge in [-0.2, -0.15) is 0 Å². The third kappa shape index (κ3) is 1.89. The predicted octanol–water partition coefficient (Wildman–Crippen LogP) is 3.17. The molecule has 1 aliphatic heterocycles. The van der Waals surface area contributed by atoms with Crippen LogP contribution in [0.1, 0.15) is 15.9 Å². The topological polar surface area (TPSA) is 20.3 Å². The molecule has 0 aliphatic carbocycles. The van der Waals surface area contributed by atoms with Gasteiger partial charge in [-0.1, -0.05) is 24.3 Å². The molecule has 0 fully saturated rings. The maximum absolute atomic E-state index is 13.6. The number of hydrogen-bond acceptors (Lipinski definition) is 1. The van der Waals surface area contributed by atoms with Crippen molar-refractivity contribution in [3.05, 3.63) is 65.2 Å². The van der Waals surface area contributed by atoms with Crippen LogP contribution in [0.4, 0.5) is 14.5 Å². The Morgan fingerprint density at radius 2 is 1.68 bits per heavy atom. The zero-order valence-corrected chi connectivity index (χ0v) is 10.1. The molecule has 0 bridgehead atoms. The van der Waals surface area contributed by atoms with E-state index in [1.165, 1.54) is 11.0 Å². The van der Waals surface area contributed by atoms with Crippen molar-refractivity contribution in [2.75, 3.05) is 11.4 Å². The minimum atomic E-state index is -0.825. The van der Waals surface area contributed by atoms with E-state index in [1.54, 1.807) is 6.07 Å². The van der Waals surface area contributed by atoms with Gasteiger partial charge in [-0.25, -0.2) is 8.78 Å². The zero-order valence-electron chi connectivity index (χ0n) is 10.1. The molecule has 1 heterocycles. The summed E-state index contributed by atoms with van der Waals surface area (Å²) in [6.45, 7) is 0.450. The minimum absolute atomic E-state index is 0.450. The first-order chi connectivity index (χ1) is 9.18. The molecule has 0 aromatic heterocycles. The molecule has 1 aliphatic rings. The lowest BCUT2D eigenvalue weighted by atomic mass is 10.1. The minimum Gasteiger partial charge on any atom is -0.308 e. The molecule has 2 aromatic carbocycles. The molecule has 2 aromatic rings. The number of halogens is 2. The molecule has 1 amide bonds. The molecule has 0 N–H and O–H groups in total. The van der Waals surface area contributed by atoms with Crippen molar-refractivity contribution in [1.29, 1.82) is 0 Å². The lowest BCUT2D eigenvalue weighted by molar-refractivity contribution is 0.0981. The highest BCUT2D eigenvalue weighted by Crippen LogP contribution is 2.29. The van der Waals surface area contributed by atoms with Gasteiger partial charge in [-0.05, 0) is 30.2 Å². The Morgan fingerprint density at radius 1 is 1.00 bits per heavy atom. The highest BCUT2D eigenvalue weighted by Gasteiger charge is 2.28. The summed E-state index contributed by atoms with van der Waals surface area (Å²) in [5.74, 6) is -2.27. The average Bonchev–Trinajstić information content (AvgIpc) is 2.82. The van der Waals surface area contributed by atoms with Crippen molar-refractivity contribution in [1.82, 2.24) is 0 Å². The molecule has 19 heavy (non-hydrogen) atoms. The van der Waals surface area contributed by atoms with Crippen LogP contribution in [-0.4, -0.2) is 12.5 Å². The van der Waals surface area contributed by atoms with E-state index in [0.717, 1.165) is 23.4 Å². The van der Waals surface area contributed by atoms with Crippen molar-refractivity contribution < 1.29 is 13.6 Å². The second kappa shape index (κ2) is 4.46. The molecular formula is C15H11F2NO. The number of benzene rings is 2. The maximum atomic E-state index is 13.6. The Labute approximate surface area is 109 Å². The van der Waals surface area contributed by atoms with Crippen LogP contribution in [0.25, 0.3) is 0 Å². The normalized spacial score (nSPS) is 13.5. The van der Waals surface area contributed by atoms with E-state index in [9.17, 15) is 13.6 Å². The van der Waals surface area contributed by atoms with Gasteiger partial charge >= 0.3 is 0 Å². The number of hydrogen-bond donors (Lipinski definition) is 0. The van der Waals surface area contributed by atoms with E-state index in [2.05, 4.69) is 0 Å². The molecule has 3 rings (SSSR count). The fourth-order valence-electron chi connectivity index (χ4n) is 2.39. The first-order valence-corrected chi connectivity index (χ1v) is 6.02. The van der Waals surface area contributed by atoms with Gasteiger partial charge in [-0.15, -0.1) is 0 Å². The monoisotopic (exact) mass is 259 g/mol. The highest BCUT2D eigenvalue weighted by molar-refractivity contribution is 6.07. The van der Waals surface area contributed by atoms with E-state index in [-0.39, 0.29) is 0 Å². The van der Waals surface area contributed by atoms with Gasteiger partial charge in [0.05, 0.1) is 0 Å². The summed E-state index contributed by atoms with van der Waals surface area (Å²) in [5.41, 5.74) is 1.27. The van der Waals surface area contributed by atoms with Crippen molar-refractivity contribution in [3.63, 3.8) is 0 Å². The van der Waals surface area contributed by atoms with E-state index in [1.807, 2.05) is 18.2 Å². The number of nitrogens with zero attached hydrogens (tertiary/aromatic N) is 1. The predicted molar refractivity (Wildman–Crippen MR) is 68.2 cm³/mol. The van der Waals surface area contributed by atoms with Crippen LogP contribution >= 0.6 is 0 Å². The third-order valence-corrected chi connectivity index (χ3v) is 3.31. The number of rotatable bonds is 1. The Hall–Kier alpha value is -2.23. The molecule has 96 valence electrons. The van der Waals surface area contributed by atoms with Gasteiger partial charge in [0.15, 0.2) is 0 Å². The van der Waals surface area contributed by atoms with Crippen LogP contribution in [0.2, 0.25) is 0 Å². The van der Waals surface area contributed by atoms with E-state index >= 15 is 0 Å². The summed E-state index contributed by atoms with van der Waals surface area (Å²) in [6, 6.07) is 10.8. The quantitative estimate of drug-likeness (QED) is 0.770. The number of para-hydroxylation sites is 1. The molecule has 0 radical (unpaired) electrons. The Bertz CT molecular complexity index is 634. The second-order valence-electron chi connectivity index (χ2n) is 4.43. The summed E-state index contributed by atoms with van der Waals surface area (Å²) in [5, 5.41) is 0. The number of fused-ring (bicyclic) bond motifs is 1. The summed E-state index contributed by atoms with van der Waals surface area (Å²) >= 11 is 0. The number of amides is 1. The Balaban J connectivity index is 2.03. The van der Waals surface area contributed by atoms with Crippen LogP contribution in [0.15, 0.2) is 42.5 Å². The van der Waals surface area contributed by atoms with Crippen molar-refractivity contribution in [3.8, 4) is 0 Å². The summed E-state index contributed by atoms with van der Waals surface area (Å²) in [6.07, 6.45) is 0.706. The van der Waals surface area contributed by atoms with Crippen molar-refractivity contribution in [2.45, 2.75) is 6.42 Å². The number of carbonyl (C=O) groups excluding carboxylic acids is 1. The van der Waals surface area contributed by atoms with Crippen LogP contribution in [0.5, 0.6) is 0 Å². The van der Waals surface area contributed by atoms with Gasteiger partial charge < -0.3 is 4.90 Å². The molecule has 0 spiro atoms. The second-order valence-corrected chi connectivity index (χ2v) is 4.43. The van der Waals surface area contributed by atoms with E-state index < -0.39 is 23.1 Å². The van der Waals surface area contributed by atoms with Crippen LogP contribution in [0.3, 0.4) is 0 Å². The zero-order chi connectivity index (χ0) is 13.4. The largest absolute Gasteiger partial charge is 0.308 e. The molecule has 0 unspecified atom stereocenters. The standard InChI is InChI=1S/C15H11F2NO/c16-11-5-3-6-12(17)14(11)15(19)18-9-8-10-4-1-2-7-13(10)18/h1-7H,8-9H2. The molecular weight excluding hydrogens is 248 g/mol. The number of carbonyl (C=O) groups is 1. The van der Waals surface area contributed by atoms with Gasteiger partial charge in [0.1, 0.15) is 17.2 Å². The van der Waals surface area contributed by atoms with Crippen molar-refractivity contribution in [2.24, 2.45) is 0 Å². The maximum Gasteiger partial charge on any atom is 0.264 e. The first kappa shape index (κ1) is 11.8. The lowest BCUT2D eigenvalue weighted by Crippen LogP contribution is -2.30. The molecule has 0 saturated carbocycles. The average molecular weight is 259 g/mol. The summed E-state index contributed by atoms with van der Waals surface area (Å²) in [4.78, 5) is 13.7. The smallest absolute Gasteiger partial charge is 0.264 e. The Kier molecular flexibility index (Phi) is 2.78. The molecule has 4 heteroatoms. The SMILES string of the molecule is O=C(c1c(F)cccc1F)N1CCc2ccccc21. The van der Waals surface area contributed by atoms with Gasteiger partial charge in [0.25, 0.3) is 5.91 Å². The fraction of sp³-hybridized carbons (Fsp3) is 0.133. The van der Waals surface area contributed by atoms with E-state index in [4.69, 9.17) is 0 Å². The highest BCUT2D eigenvalue weighted by atomic mass is 19.1. The summed E-state index contributed by atoms with van der Waals surface area (Å²) < 4.78 is 27.3. The van der Waals surface area contributed by atoms with Gasteiger partial charge in [-0.3, -0.25) is 4.79 Å². The van der Waals surface area contributed by atoms with Crippen molar-refractivity contribution >= 4 is 11.6 Å². The van der Waals surface area contributed by atoms with E-state index in [0.29, 0.717) is 13.0 Å². The van der Waals surface area contributed by atoms with Crippen LogP contribution in [0, 0.1) is 11.6 Å². The molecule has 0 atom stereocenters. The summed E-state index contributed by atoms with van der Waals surface area (Å²) in [7, 11) is 0. The van der Waals surface area contributed by atoms with Gasteiger partial charge in [0.2, 0.25) is 0 Å². The van der Waals surface area contributed by atoms with Crippen LogP contribution < -0.4 is 4.90 Å². The molecule has 0 saturated heterocycles. The fourth-order valence-corrected chi connectivity index (χ4v) is 2.39. The van der Waals surface area contributed by atoms with Gasteiger partial charge in [0, 0.05) is 12.2 Å².